The summed E-state index contributed by atoms with van der Waals surface area (Å²) in [6, 6.07) is 7.43. The van der Waals surface area contributed by atoms with Gasteiger partial charge in [0.2, 0.25) is 5.91 Å². The lowest BCUT2D eigenvalue weighted by molar-refractivity contribution is -0.384. The number of methoxy groups -OCH3 is 3. The lowest BCUT2D eigenvalue weighted by Crippen LogP contribution is -2.29. The molecule has 1 aromatic heterocycles. The van der Waals surface area contributed by atoms with Crippen molar-refractivity contribution in [3.63, 3.8) is 0 Å². The van der Waals surface area contributed by atoms with E-state index in [2.05, 4.69) is 19.9 Å². The fourth-order valence-electron chi connectivity index (χ4n) is 3.60. The maximum atomic E-state index is 12.4. The molecule has 0 saturated carbocycles. The van der Waals surface area contributed by atoms with Crippen molar-refractivity contribution in [2.75, 3.05) is 44.6 Å². The highest BCUT2D eigenvalue weighted by molar-refractivity contribution is 7.11. The number of nitro benzene ring substituents is 1. The van der Waals surface area contributed by atoms with E-state index in [0.717, 1.165) is 11.5 Å². The van der Waals surface area contributed by atoms with Gasteiger partial charge in [-0.05, 0) is 23.7 Å². The highest BCUT2D eigenvalue weighted by Gasteiger charge is 2.20. The summed E-state index contributed by atoms with van der Waals surface area (Å²) in [5.74, 6) is -0.835. The van der Waals surface area contributed by atoms with Gasteiger partial charge in [-0.15, -0.1) is 10.2 Å². The summed E-state index contributed by atoms with van der Waals surface area (Å²) < 4.78 is 19.4. The molecule has 2 aromatic carbocycles. The summed E-state index contributed by atoms with van der Waals surface area (Å²) in [5.41, 5.74) is 1.45. The van der Waals surface area contributed by atoms with E-state index in [1.807, 2.05) is 0 Å². The third kappa shape index (κ3) is 7.47. The van der Waals surface area contributed by atoms with Crippen LogP contribution in [0, 0.1) is 10.1 Å². The van der Waals surface area contributed by atoms with Crippen LogP contribution in [0.5, 0.6) is 5.75 Å². The number of azo groups is 1. The number of hydrogen-bond donors (Lipinski definition) is 1. The van der Waals surface area contributed by atoms with Crippen LogP contribution in [-0.2, 0) is 23.9 Å². The lowest BCUT2D eigenvalue weighted by atomic mass is 10.1. The fourth-order valence-corrected chi connectivity index (χ4v) is 4.28. The molecule has 0 saturated heterocycles. The van der Waals surface area contributed by atoms with Gasteiger partial charge in [-0.1, -0.05) is 6.92 Å². The second kappa shape index (κ2) is 13.9. The molecule has 212 valence electrons. The number of rotatable bonds is 13. The zero-order chi connectivity index (χ0) is 29.2. The van der Waals surface area contributed by atoms with Gasteiger partial charge in [0.25, 0.3) is 5.69 Å². The number of fused-ring (bicyclic) bond motifs is 1. The van der Waals surface area contributed by atoms with Crippen LogP contribution in [-0.4, -0.2) is 61.6 Å². The standard InChI is InChI=1S/C25H28N6O8S/c1-5-22(32)26-18-13-20(30(10-8-23(33)38-3)11-9-24(34)39-4)21(37-2)14-19(18)27-28-25-16-12-15(31(35)36)6-7-17(16)29-40-25/h6-7,12-14H,5,8-11H2,1-4H3,(H,26,32). The average molecular weight is 573 g/mol. The van der Waals surface area contributed by atoms with Gasteiger partial charge in [0.1, 0.15) is 11.4 Å². The van der Waals surface area contributed by atoms with Crippen molar-refractivity contribution >= 4 is 68.0 Å². The maximum Gasteiger partial charge on any atom is 0.307 e. The SMILES string of the molecule is CCC(=O)Nc1cc(N(CCC(=O)OC)CCC(=O)OC)c(OC)cc1N=Nc1snc2ccc([N+](=O)[O-])cc12. The molecule has 3 rings (SSSR count). The van der Waals surface area contributed by atoms with E-state index in [4.69, 9.17) is 14.2 Å². The molecular formula is C25H28N6O8S. The van der Waals surface area contributed by atoms with Crippen LogP contribution in [0.4, 0.5) is 27.8 Å². The minimum atomic E-state index is -0.508. The van der Waals surface area contributed by atoms with E-state index in [0.29, 0.717) is 33.0 Å². The van der Waals surface area contributed by atoms with Crippen molar-refractivity contribution in [3.05, 3.63) is 40.4 Å². The molecule has 3 aromatic rings. The zero-order valence-electron chi connectivity index (χ0n) is 22.3. The topological polar surface area (TPSA) is 175 Å². The molecule has 14 nitrogen and oxygen atoms in total. The number of non-ortho nitro benzene ring substituents is 1. The Morgan fingerprint density at radius 2 is 1.73 bits per heavy atom. The molecular weight excluding hydrogens is 544 g/mol. The van der Waals surface area contributed by atoms with Gasteiger partial charge in [0.05, 0.1) is 56.0 Å². The van der Waals surface area contributed by atoms with E-state index >= 15 is 0 Å². The van der Waals surface area contributed by atoms with Crippen LogP contribution in [0.15, 0.2) is 40.6 Å². The number of ether oxygens (including phenoxy) is 3. The quantitative estimate of drug-likeness (QED) is 0.128. The number of benzene rings is 2. The van der Waals surface area contributed by atoms with Gasteiger partial charge in [-0.3, -0.25) is 24.5 Å². The summed E-state index contributed by atoms with van der Waals surface area (Å²) in [6.45, 7) is 2.07. The first-order valence-electron chi connectivity index (χ1n) is 12.1. The van der Waals surface area contributed by atoms with Crippen molar-refractivity contribution in [1.29, 1.82) is 0 Å². The second-order valence-electron chi connectivity index (χ2n) is 8.23. The number of esters is 2. The molecule has 1 N–H and O–H groups in total. The van der Waals surface area contributed by atoms with Crippen LogP contribution in [0.25, 0.3) is 10.9 Å². The van der Waals surface area contributed by atoms with Crippen molar-refractivity contribution in [2.45, 2.75) is 26.2 Å². The van der Waals surface area contributed by atoms with Crippen molar-refractivity contribution < 1.29 is 33.5 Å². The smallest absolute Gasteiger partial charge is 0.307 e. The molecule has 0 unspecified atom stereocenters. The molecule has 40 heavy (non-hydrogen) atoms. The third-order valence-corrected chi connectivity index (χ3v) is 6.52. The Morgan fingerprint density at radius 1 is 1.05 bits per heavy atom. The van der Waals surface area contributed by atoms with Gasteiger partial charge in [0.15, 0.2) is 5.00 Å². The van der Waals surface area contributed by atoms with E-state index < -0.39 is 16.9 Å². The number of nitrogens with one attached hydrogen (secondary N) is 1. The van der Waals surface area contributed by atoms with Gasteiger partial charge in [-0.2, -0.15) is 4.37 Å². The Hall–Kier alpha value is -4.66. The van der Waals surface area contributed by atoms with E-state index in [9.17, 15) is 24.5 Å². The number of carbonyl (C=O) groups excluding carboxylic acids is 3. The predicted octanol–water partition coefficient (Wildman–Crippen LogP) is 4.91. The minimum absolute atomic E-state index is 0.0313. The van der Waals surface area contributed by atoms with Gasteiger partial charge >= 0.3 is 11.9 Å². The number of carbonyl (C=O) groups is 3. The van der Waals surface area contributed by atoms with Crippen LogP contribution < -0.4 is 15.0 Å². The molecule has 1 heterocycles. The number of amides is 1. The fraction of sp³-hybridized carbons (Fsp3) is 0.360. The van der Waals surface area contributed by atoms with Crippen LogP contribution in [0.2, 0.25) is 0 Å². The molecule has 0 fully saturated rings. The number of aromatic nitrogens is 1. The van der Waals surface area contributed by atoms with E-state index in [-0.39, 0.29) is 49.6 Å². The number of hydrogen-bond acceptors (Lipinski definition) is 13. The lowest BCUT2D eigenvalue weighted by Gasteiger charge is -2.27. The van der Waals surface area contributed by atoms with Crippen LogP contribution in [0.3, 0.4) is 0 Å². The predicted molar refractivity (Wildman–Crippen MR) is 148 cm³/mol. The Kier molecular flexibility index (Phi) is 10.4. The molecule has 0 radical (unpaired) electrons. The first kappa shape index (κ1) is 29.9. The molecule has 15 heteroatoms. The van der Waals surface area contributed by atoms with Crippen LogP contribution >= 0.6 is 11.5 Å². The molecule has 0 bridgehead atoms. The number of anilines is 2. The van der Waals surface area contributed by atoms with Crippen molar-refractivity contribution in [1.82, 2.24) is 4.37 Å². The summed E-state index contributed by atoms with van der Waals surface area (Å²) in [4.78, 5) is 48.5. The average Bonchev–Trinajstić information content (AvgIpc) is 3.37. The van der Waals surface area contributed by atoms with Gasteiger partial charge in [-0.25, -0.2) is 0 Å². The summed E-state index contributed by atoms with van der Waals surface area (Å²) >= 11 is 1.02. The maximum absolute atomic E-state index is 12.4. The minimum Gasteiger partial charge on any atom is -0.494 e. The van der Waals surface area contributed by atoms with Crippen molar-refractivity contribution in [3.8, 4) is 5.75 Å². The Balaban J connectivity index is 2.07. The molecule has 0 atom stereocenters. The normalized spacial score (nSPS) is 10.9. The number of nitrogens with zero attached hydrogens (tertiary/aromatic N) is 5. The summed E-state index contributed by atoms with van der Waals surface area (Å²) in [5, 5.41) is 23.4. The second-order valence-corrected chi connectivity index (χ2v) is 8.98. The highest BCUT2D eigenvalue weighted by atomic mass is 32.1. The van der Waals surface area contributed by atoms with Gasteiger partial charge in [0, 0.05) is 43.1 Å². The first-order valence-corrected chi connectivity index (χ1v) is 12.8. The zero-order valence-corrected chi connectivity index (χ0v) is 23.1. The van der Waals surface area contributed by atoms with E-state index in [1.165, 1.54) is 39.5 Å². The summed E-state index contributed by atoms with van der Waals surface area (Å²) in [7, 11) is 4.01. The molecule has 1 amide bonds. The Labute approximate surface area is 233 Å². The molecule has 0 aliphatic carbocycles. The molecule has 0 aliphatic rings. The van der Waals surface area contributed by atoms with E-state index in [1.54, 1.807) is 24.0 Å². The van der Waals surface area contributed by atoms with Gasteiger partial charge < -0.3 is 24.4 Å². The van der Waals surface area contributed by atoms with Crippen LogP contribution in [0.1, 0.15) is 26.2 Å². The number of nitro groups is 1. The first-order chi connectivity index (χ1) is 19.2. The Morgan fingerprint density at radius 3 is 2.30 bits per heavy atom. The largest absolute Gasteiger partial charge is 0.494 e. The Bertz CT molecular complexity index is 1420. The molecule has 0 aliphatic heterocycles. The highest BCUT2D eigenvalue weighted by Crippen LogP contribution is 2.41. The van der Waals surface area contributed by atoms with Crippen molar-refractivity contribution in [2.24, 2.45) is 10.2 Å². The monoisotopic (exact) mass is 572 g/mol. The molecule has 0 spiro atoms. The summed E-state index contributed by atoms with van der Waals surface area (Å²) in [6.07, 6.45) is 0.253. The third-order valence-electron chi connectivity index (χ3n) is 5.76.